The molecule has 0 unspecified atom stereocenters. The van der Waals surface area contributed by atoms with Crippen LogP contribution in [0, 0.1) is 0 Å². The Kier molecular flexibility index (Phi) is 9.09. The number of rotatable bonds is 10. The van der Waals surface area contributed by atoms with E-state index in [1.165, 1.54) is 25.6 Å². The van der Waals surface area contributed by atoms with E-state index >= 15 is 0 Å². The topological polar surface area (TPSA) is 99.1 Å². The molecular formula is C27H23NO6S. The summed E-state index contributed by atoms with van der Waals surface area (Å²) in [5.41, 5.74) is 1.57. The predicted molar refractivity (Wildman–Crippen MR) is 132 cm³/mol. The van der Waals surface area contributed by atoms with Crippen molar-refractivity contribution in [2.45, 2.75) is 30.1 Å². The Morgan fingerprint density at radius 1 is 0.714 bits per heavy atom. The van der Waals surface area contributed by atoms with Gasteiger partial charge in [-0.15, -0.1) is 0 Å². The second kappa shape index (κ2) is 12.4. The van der Waals surface area contributed by atoms with Gasteiger partial charge in [-0.25, -0.2) is 4.79 Å². The normalized spacial score (nSPS) is 11.0. The molecule has 0 spiro atoms. The van der Waals surface area contributed by atoms with Gasteiger partial charge >= 0.3 is 11.9 Å². The lowest BCUT2D eigenvalue weighted by molar-refractivity contribution is -0.142. The third-order valence-electron chi connectivity index (χ3n) is 4.70. The zero-order valence-electron chi connectivity index (χ0n) is 19.2. The van der Waals surface area contributed by atoms with Crippen LogP contribution in [-0.4, -0.2) is 35.8 Å². The average molecular weight is 490 g/mol. The number of oxime groups is 1. The highest BCUT2D eigenvalue weighted by atomic mass is 32.2. The summed E-state index contributed by atoms with van der Waals surface area (Å²) in [4.78, 5) is 53.9. The molecule has 0 heterocycles. The number of hydrogen-bond donors (Lipinski definition) is 0. The van der Waals surface area contributed by atoms with Crippen LogP contribution in [0.1, 0.15) is 46.5 Å². The number of hydrogen-bond acceptors (Lipinski definition) is 8. The molecule has 0 saturated carbocycles. The van der Waals surface area contributed by atoms with Gasteiger partial charge in [0.05, 0.1) is 6.61 Å². The predicted octanol–water partition coefficient (Wildman–Crippen LogP) is 5.12. The van der Waals surface area contributed by atoms with E-state index in [9.17, 15) is 19.2 Å². The van der Waals surface area contributed by atoms with Gasteiger partial charge in [-0.1, -0.05) is 47.2 Å². The van der Waals surface area contributed by atoms with E-state index < -0.39 is 17.7 Å². The third kappa shape index (κ3) is 7.75. The SMILES string of the molecule is CC(=O)OCC/C(=N\OC(C)=O)C(=O)c1ccc(Sc2ccc(C(=O)c3ccccc3)cc2)cc1. The molecule has 3 aromatic rings. The van der Waals surface area contributed by atoms with Crippen LogP contribution in [0.3, 0.4) is 0 Å². The lowest BCUT2D eigenvalue weighted by Gasteiger charge is -2.07. The Labute approximate surface area is 207 Å². The van der Waals surface area contributed by atoms with Crippen molar-refractivity contribution < 1.29 is 28.8 Å². The first-order valence-corrected chi connectivity index (χ1v) is 11.6. The van der Waals surface area contributed by atoms with Crippen molar-refractivity contribution in [3.05, 3.63) is 95.6 Å². The average Bonchev–Trinajstić information content (AvgIpc) is 2.86. The van der Waals surface area contributed by atoms with Crippen molar-refractivity contribution in [2.75, 3.05) is 6.61 Å². The fraction of sp³-hybridized carbons (Fsp3) is 0.148. The summed E-state index contributed by atoms with van der Waals surface area (Å²) in [5, 5.41) is 3.62. The molecule has 0 radical (unpaired) electrons. The maximum Gasteiger partial charge on any atom is 0.331 e. The third-order valence-corrected chi connectivity index (χ3v) is 5.71. The molecular weight excluding hydrogens is 466 g/mol. The Bertz CT molecular complexity index is 1230. The van der Waals surface area contributed by atoms with E-state index in [-0.39, 0.29) is 24.5 Å². The maximum absolute atomic E-state index is 12.8. The highest BCUT2D eigenvalue weighted by molar-refractivity contribution is 7.99. The van der Waals surface area contributed by atoms with Crippen LogP contribution in [0.4, 0.5) is 0 Å². The van der Waals surface area contributed by atoms with Crippen molar-refractivity contribution in [1.82, 2.24) is 0 Å². The van der Waals surface area contributed by atoms with E-state index in [0.717, 1.165) is 9.79 Å². The number of benzene rings is 3. The molecule has 0 bridgehead atoms. The number of carbonyl (C=O) groups is 4. The first-order chi connectivity index (χ1) is 16.8. The standard InChI is InChI=1S/C27H23NO6S/c1-18(29)33-17-16-25(28-34-19(2)30)27(32)22-10-14-24(15-11-22)35-23-12-8-21(9-13-23)26(31)20-6-4-3-5-7-20/h3-15H,16-17H2,1-2H3/b28-25+. The van der Waals surface area contributed by atoms with E-state index in [1.54, 1.807) is 48.5 Å². The van der Waals surface area contributed by atoms with Crippen LogP contribution in [0.5, 0.6) is 0 Å². The number of ketones is 2. The van der Waals surface area contributed by atoms with Crippen LogP contribution in [0.25, 0.3) is 0 Å². The molecule has 8 heteroatoms. The molecule has 0 N–H and O–H groups in total. The van der Waals surface area contributed by atoms with Gasteiger partial charge in [0.25, 0.3) is 0 Å². The van der Waals surface area contributed by atoms with Crippen LogP contribution < -0.4 is 0 Å². The second-order valence-electron chi connectivity index (χ2n) is 7.39. The van der Waals surface area contributed by atoms with Crippen molar-refractivity contribution >= 4 is 41.0 Å². The minimum atomic E-state index is -0.661. The van der Waals surface area contributed by atoms with Gasteiger partial charge in [0.15, 0.2) is 5.78 Å². The molecule has 0 aliphatic carbocycles. The molecule has 0 saturated heterocycles. The molecule has 0 amide bonds. The smallest absolute Gasteiger partial charge is 0.331 e. The van der Waals surface area contributed by atoms with E-state index in [4.69, 9.17) is 4.74 Å². The number of ether oxygens (including phenoxy) is 1. The van der Waals surface area contributed by atoms with E-state index in [0.29, 0.717) is 16.7 Å². The van der Waals surface area contributed by atoms with Gasteiger partial charge in [-0.3, -0.25) is 14.4 Å². The maximum atomic E-state index is 12.8. The number of nitrogens with zero attached hydrogens (tertiary/aromatic N) is 1. The molecule has 178 valence electrons. The minimum absolute atomic E-state index is 0.0102. The number of Topliss-reactive ketones (excluding diaryl/α,β-unsaturated/α-hetero) is 1. The lowest BCUT2D eigenvalue weighted by atomic mass is 10.0. The van der Waals surface area contributed by atoms with Crippen LogP contribution >= 0.6 is 11.8 Å². The highest BCUT2D eigenvalue weighted by Gasteiger charge is 2.17. The second-order valence-corrected chi connectivity index (χ2v) is 8.53. The molecule has 0 aliphatic rings. The minimum Gasteiger partial charge on any atom is -0.465 e. The Morgan fingerprint density at radius 2 is 1.26 bits per heavy atom. The molecule has 0 fully saturated rings. The van der Waals surface area contributed by atoms with Gasteiger partial charge in [0.1, 0.15) is 5.71 Å². The van der Waals surface area contributed by atoms with Crippen molar-refractivity contribution in [3.63, 3.8) is 0 Å². The first-order valence-electron chi connectivity index (χ1n) is 10.7. The monoisotopic (exact) mass is 489 g/mol. The lowest BCUT2D eigenvalue weighted by Crippen LogP contribution is -2.18. The largest absolute Gasteiger partial charge is 0.465 e. The zero-order chi connectivity index (χ0) is 25.2. The summed E-state index contributed by atoms with van der Waals surface area (Å²) >= 11 is 1.48. The van der Waals surface area contributed by atoms with E-state index in [1.807, 2.05) is 30.3 Å². The van der Waals surface area contributed by atoms with Crippen LogP contribution in [0.2, 0.25) is 0 Å². The zero-order valence-corrected chi connectivity index (χ0v) is 20.0. The fourth-order valence-corrected chi connectivity index (χ4v) is 3.84. The number of esters is 1. The van der Waals surface area contributed by atoms with Gasteiger partial charge in [-0.2, -0.15) is 0 Å². The van der Waals surface area contributed by atoms with Gasteiger partial charge in [0.2, 0.25) is 5.78 Å². The number of carbonyl (C=O) groups excluding carboxylic acids is 4. The van der Waals surface area contributed by atoms with Gasteiger partial charge < -0.3 is 9.57 Å². The Balaban J connectivity index is 1.66. The summed E-state index contributed by atoms with van der Waals surface area (Å²) in [6.07, 6.45) is 0.0102. The molecule has 7 nitrogen and oxygen atoms in total. The molecule has 0 aliphatic heterocycles. The van der Waals surface area contributed by atoms with Crippen molar-refractivity contribution in [3.8, 4) is 0 Å². The molecule has 0 atom stereocenters. The van der Waals surface area contributed by atoms with Gasteiger partial charge in [0, 0.05) is 46.7 Å². The summed E-state index contributed by atoms with van der Waals surface area (Å²) in [7, 11) is 0. The summed E-state index contributed by atoms with van der Waals surface area (Å²) < 4.78 is 4.86. The molecule has 0 aromatic heterocycles. The van der Waals surface area contributed by atoms with Crippen molar-refractivity contribution in [1.29, 1.82) is 0 Å². The van der Waals surface area contributed by atoms with Crippen LogP contribution in [0.15, 0.2) is 93.8 Å². The molecule has 35 heavy (non-hydrogen) atoms. The first kappa shape index (κ1) is 25.6. The van der Waals surface area contributed by atoms with Gasteiger partial charge in [-0.05, 0) is 48.5 Å². The Hall–Kier alpha value is -4.04. The van der Waals surface area contributed by atoms with Crippen LogP contribution in [-0.2, 0) is 19.2 Å². The van der Waals surface area contributed by atoms with E-state index in [2.05, 4.69) is 9.99 Å². The quantitative estimate of drug-likeness (QED) is 0.128. The fourth-order valence-electron chi connectivity index (χ4n) is 3.02. The Morgan fingerprint density at radius 3 is 1.80 bits per heavy atom. The summed E-state index contributed by atoms with van der Waals surface area (Å²) in [5.74, 6) is -1.61. The molecule has 3 rings (SSSR count). The molecule has 3 aromatic carbocycles. The summed E-state index contributed by atoms with van der Waals surface area (Å²) in [6, 6.07) is 23.3. The summed E-state index contributed by atoms with van der Waals surface area (Å²) in [6.45, 7) is 2.38. The van der Waals surface area contributed by atoms with Crippen molar-refractivity contribution in [2.24, 2.45) is 5.16 Å². The highest BCUT2D eigenvalue weighted by Crippen LogP contribution is 2.28.